The second kappa shape index (κ2) is 9.20. The molecule has 0 saturated carbocycles. The first-order chi connectivity index (χ1) is 15.5. The smallest absolute Gasteiger partial charge is 0.262 e. The van der Waals surface area contributed by atoms with Crippen LogP contribution in [-0.4, -0.2) is 40.9 Å². The SMILES string of the molecule is CCOCOc1cccc(C(CC(C)=O)N2C(=O)c3cccc(-c4ccc[nH]4)c3C2=O)c1. The van der Waals surface area contributed by atoms with Crippen LogP contribution in [0.5, 0.6) is 5.75 Å². The number of benzene rings is 2. The van der Waals surface area contributed by atoms with E-state index in [1.54, 1.807) is 42.6 Å². The molecule has 7 heteroatoms. The van der Waals surface area contributed by atoms with Crippen LogP contribution in [0.15, 0.2) is 60.8 Å². The molecular formula is C25H24N2O5. The second-order valence-corrected chi connectivity index (χ2v) is 7.54. The third-order valence-electron chi connectivity index (χ3n) is 5.38. The van der Waals surface area contributed by atoms with Crippen LogP contribution in [0.25, 0.3) is 11.3 Å². The predicted molar refractivity (Wildman–Crippen MR) is 118 cm³/mol. The highest BCUT2D eigenvalue weighted by Crippen LogP contribution is 2.38. The van der Waals surface area contributed by atoms with Gasteiger partial charge in [0, 0.05) is 30.5 Å². The van der Waals surface area contributed by atoms with Gasteiger partial charge in [-0.2, -0.15) is 0 Å². The molecule has 0 bridgehead atoms. The van der Waals surface area contributed by atoms with Gasteiger partial charge < -0.3 is 14.5 Å². The average molecular weight is 432 g/mol. The largest absolute Gasteiger partial charge is 0.468 e. The molecule has 1 aliphatic rings. The summed E-state index contributed by atoms with van der Waals surface area (Å²) in [5, 5.41) is 0. The van der Waals surface area contributed by atoms with Crippen molar-refractivity contribution >= 4 is 17.6 Å². The van der Waals surface area contributed by atoms with E-state index in [1.807, 2.05) is 25.1 Å². The number of nitrogens with one attached hydrogen (secondary N) is 1. The molecule has 0 spiro atoms. The predicted octanol–water partition coefficient (Wildman–Crippen LogP) is 4.37. The number of nitrogens with zero attached hydrogens (tertiary/aromatic N) is 1. The van der Waals surface area contributed by atoms with Crippen LogP contribution >= 0.6 is 0 Å². The number of amides is 2. The zero-order chi connectivity index (χ0) is 22.7. The number of fused-ring (bicyclic) bond motifs is 1. The van der Waals surface area contributed by atoms with E-state index in [4.69, 9.17) is 9.47 Å². The van der Waals surface area contributed by atoms with E-state index in [1.165, 1.54) is 11.8 Å². The number of hydrogen-bond donors (Lipinski definition) is 1. The molecule has 3 aromatic rings. The molecule has 0 aliphatic carbocycles. The summed E-state index contributed by atoms with van der Waals surface area (Å²) in [7, 11) is 0. The monoisotopic (exact) mass is 432 g/mol. The molecule has 1 unspecified atom stereocenters. The van der Waals surface area contributed by atoms with E-state index in [9.17, 15) is 14.4 Å². The number of aromatic nitrogens is 1. The average Bonchev–Trinajstić information content (AvgIpc) is 3.40. The summed E-state index contributed by atoms with van der Waals surface area (Å²) >= 11 is 0. The highest BCUT2D eigenvalue weighted by atomic mass is 16.7. The molecule has 1 atom stereocenters. The number of ether oxygens (including phenoxy) is 2. The third kappa shape index (κ3) is 4.07. The number of carbonyl (C=O) groups excluding carboxylic acids is 3. The number of rotatable bonds is 9. The molecule has 1 N–H and O–H groups in total. The Bertz CT molecular complexity index is 1150. The lowest BCUT2D eigenvalue weighted by molar-refractivity contribution is -0.117. The van der Waals surface area contributed by atoms with Crippen LogP contribution < -0.4 is 4.74 Å². The molecule has 0 fully saturated rings. The van der Waals surface area contributed by atoms with Gasteiger partial charge in [-0.3, -0.25) is 19.3 Å². The first kappa shape index (κ1) is 21.5. The van der Waals surface area contributed by atoms with Crippen molar-refractivity contribution in [3.8, 4) is 17.0 Å². The van der Waals surface area contributed by atoms with Gasteiger partial charge in [-0.1, -0.05) is 24.3 Å². The van der Waals surface area contributed by atoms with Gasteiger partial charge in [-0.15, -0.1) is 0 Å². The molecule has 7 nitrogen and oxygen atoms in total. The van der Waals surface area contributed by atoms with Crippen LogP contribution in [0.2, 0.25) is 0 Å². The first-order valence-electron chi connectivity index (χ1n) is 10.5. The highest BCUT2D eigenvalue weighted by Gasteiger charge is 2.42. The van der Waals surface area contributed by atoms with Crippen molar-refractivity contribution in [1.82, 2.24) is 9.88 Å². The van der Waals surface area contributed by atoms with E-state index in [0.717, 1.165) is 5.69 Å². The minimum Gasteiger partial charge on any atom is -0.468 e. The van der Waals surface area contributed by atoms with E-state index < -0.39 is 17.9 Å². The second-order valence-electron chi connectivity index (χ2n) is 7.54. The van der Waals surface area contributed by atoms with Crippen molar-refractivity contribution in [2.75, 3.05) is 13.4 Å². The molecule has 2 heterocycles. The van der Waals surface area contributed by atoms with Gasteiger partial charge in [0.25, 0.3) is 11.8 Å². The van der Waals surface area contributed by atoms with E-state index in [0.29, 0.717) is 34.6 Å². The zero-order valence-electron chi connectivity index (χ0n) is 18.0. The summed E-state index contributed by atoms with van der Waals surface area (Å²) in [6.07, 6.45) is 1.78. The standard InChI is InChI=1S/C25H24N2O5/c1-3-31-15-32-18-8-4-7-17(14-18)22(13-16(2)28)27-24(29)20-10-5-9-19(23(20)25(27)30)21-11-6-12-26-21/h4-12,14,22,26H,3,13,15H2,1-2H3. The molecule has 4 rings (SSSR count). The molecule has 2 aromatic carbocycles. The van der Waals surface area contributed by atoms with Gasteiger partial charge >= 0.3 is 0 Å². The lowest BCUT2D eigenvalue weighted by Crippen LogP contribution is -2.35. The number of H-pyrrole nitrogens is 1. The normalized spacial score (nSPS) is 13.9. The van der Waals surface area contributed by atoms with Gasteiger partial charge in [-0.05, 0) is 49.7 Å². The third-order valence-corrected chi connectivity index (χ3v) is 5.38. The Morgan fingerprint density at radius 1 is 1.03 bits per heavy atom. The van der Waals surface area contributed by atoms with Gasteiger partial charge in [0.1, 0.15) is 11.5 Å². The molecule has 1 aromatic heterocycles. The van der Waals surface area contributed by atoms with E-state index >= 15 is 0 Å². The van der Waals surface area contributed by atoms with E-state index in [-0.39, 0.29) is 19.0 Å². The van der Waals surface area contributed by atoms with E-state index in [2.05, 4.69) is 4.98 Å². The van der Waals surface area contributed by atoms with Crippen LogP contribution in [-0.2, 0) is 9.53 Å². The Labute approximate surface area is 186 Å². The number of ketones is 1. The summed E-state index contributed by atoms with van der Waals surface area (Å²) < 4.78 is 10.8. The van der Waals surface area contributed by atoms with Crippen LogP contribution in [0.4, 0.5) is 0 Å². The molecule has 164 valence electrons. The highest BCUT2D eigenvalue weighted by molar-refractivity contribution is 6.24. The van der Waals surface area contributed by atoms with Crippen LogP contribution in [0, 0.1) is 0 Å². The molecule has 32 heavy (non-hydrogen) atoms. The van der Waals surface area contributed by atoms with Gasteiger partial charge in [0.05, 0.1) is 17.2 Å². The minimum atomic E-state index is -0.743. The Morgan fingerprint density at radius 2 is 1.81 bits per heavy atom. The van der Waals surface area contributed by atoms with Crippen molar-refractivity contribution in [2.24, 2.45) is 0 Å². The summed E-state index contributed by atoms with van der Waals surface area (Å²) in [6.45, 7) is 3.92. The fraction of sp³-hybridized carbons (Fsp3) is 0.240. The van der Waals surface area contributed by atoms with Crippen molar-refractivity contribution in [2.45, 2.75) is 26.3 Å². The van der Waals surface area contributed by atoms with Crippen LogP contribution in [0.3, 0.4) is 0 Å². The molecule has 0 saturated heterocycles. The number of carbonyl (C=O) groups is 3. The van der Waals surface area contributed by atoms with Crippen molar-refractivity contribution < 1.29 is 23.9 Å². The Morgan fingerprint density at radius 3 is 2.53 bits per heavy atom. The number of imide groups is 1. The summed E-state index contributed by atoms with van der Waals surface area (Å²) in [4.78, 5) is 43.3. The summed E-state index contributed by atoms with van der Waals surface area (Å²) in [5.41, 5.74) is 2.73. The quantitative estimate of drug-likeness (QED) is 0.308. The lowest BCUT2D eigenvalue weighted by atomic mass is 9.99. The fourth-order valence-electron chi connectivity index (χ4n) is 3.94. The molecule has 1 aliphatic heterocycles. The maximum absolute atomic E-state index is 13.5. The van der Waals surface area contributed by atoms with Crippen molar-refractivity contribution in [1.29, 1.82) is 0 Å². The van der Waals surface area contributed by atoms with Gasteiger partial charge in [0.2, 0.25) is 0 Å². The Hall–Kier alpha value is -3.71. The minimum absolute atomic E-state index is 0.0121. The Kier molecular flexibility index (Phi) is 6.18. The lowest BCUT2D eigenvalue weighted by Gasteiger charge is -2.26. The molecule has 2 amide bonds. The topological polar surface area (TPSA) is 88.7 Å². The first-order valence-corrected chi connectivity index (χ1v) is 10.5. The number of aromatic amines is 1. The summed E-state index contributed by atoms with van der Waals surface area (Å²) in [6, 6.07) is 15.2. The summed E-state index contributed by atoms with van der Waals surface area (Å²) in [5.74, 6) is -0.419. The maximum Gasteiger partial charge on any atom is 0.262 e. The molecular weight excluding hydrogens is 408 g/mol. The van der Waals surface area contributed by atoms with Crippen molar-refractivity contribution in [3.05, 3.63) is 77.5 Å². The van der Waals surface area contributed by atoms with Gasteiger partial charge in [-0.25, -0.2) is 0 Å². The Balaban J connectivity index is 1.73. The maximum atomic E-state index is 13.5. The number of hydrogen-bond acceptors (Lipinski definition) is 5. The molecule has 0 radical (unpaired) electrons. The fourth-order valence-corrected chi connectivity index (χ4v) is 3.94. The van der Waals surface area contributed by atoms with Gasteiger partial charge in [0.15, 0.2) is 6.79 Å². The van der Waals surface area contributed by atoms with Crippen molar-refractivity contribution in [3.63, 3.8) is 0 Å². The zero-order valence-corrected chi connectivity index (χ0v) is 18.0. The van der Waals surface area contributed by atoms with Crippen LogP contribution in [0.1, 0.15) is 52.6 Å². The number of Topliss-reactive ketones (excluding diaryl/α,β-unsaturated/α-hetero) is 1.